The molecule has 0 saturated heterocycles. The number of unbranched alkanes of at least 4 members (excludes halogenated alkanes) is 12. The summed E-state index contributed by atoms with van der Waals surface area (Å²) in [5, 5.41) is 0. The molecule has 0 fully saturated rings. The molecule has 0 aliphatic heterocycles. The normalized spacial score (nSPS) is 14.1. The predicted octanol–water partition coefficient (Wildman–Crippen LogP) is 11.5. The molecule has 2 atom stereocenters. The minimum absolute atomic E-state index is 0.0436. The molecule has 0 saturated carbocycles. The molecule has 304 valence electrons. The van der Waals surface area contributed by atoms with Gasteiger partial charge in [0.2, 0.25) is 0 Å². The summed E-state index contributed by atoms with van der Waals surface area (Å²) in [7, 11) is -4.39. The molecule has 0 spiro atoms. The minimum Gasteiger partial charge on any atom is -0.462 e. The van der Waals surface area contributed by atoms with Gasteiger partial charge in [-0.05, 0) is 83.5 Å². The van der Waals surface area contributed by atoms with Gasteiger partial charge in [-0.3, -0.25) is 18.6 Å². The van der Waals surface area contributed by atoms with E-state index >= 15 is 0 Å². The van der Waals surface area contributed by atoms with Gasteiger partial charge in [0.25, 0.3) is 0 Å². The largest absolute Gasteiger partial charge is 0.472 e. The molecule has 0 aromatic carbocycles. The van der Waals surface area contributed by atoms with Gasteiger partial charge in [-0.15, -0.1) is 0 Å². The lowest BCUT2D eigenvalue weighted by molar-refractivity contribution is -0.161. The van der Waals surface area contributed by atoms with E-state index in [0.29, 0.717) is 12.8 Å². The first-order valence-corrected chi connectivity index (χ1v) is 21.9. The molecule has 0 heterocycles. The molecule has 0 rings (SSSR count). The van der Waals surface area contributed by atoms with Crippen molar-refractivity contribution in [3.63, 3.8) is 0 Å². The van der Waals surface area contributed by atoms with Crippen LogP contribution in [0.2, 0.25) is 0 Å². The molecule has 0 radical (unpaired) electrons. The molecular formula is C43H74NO8P. The van der Waals surface area contributed by atoms with Gasteiger partial charge in [0.1, 0.15) is 6.61 Å². The molecule has 10 heteroatoms. The fourth-order valence-electron chi connectivity index (χ4n) is 5.07. The van der Waals surface area contributed by atoms with E-state index in [1.165, 1.54) is 25.7 Å². The Kier molecular flexibility index (Phi) is 37.3. The summed E-state index contributed by atoms with van der Waals surface area (Å²) in [5.74, 6) is -0.880. The van der Waals surface area contributed by atoms with E-state index in [9.17, 15) is 19.0 Å². The van der Waals surface area contributed by atoms with E-state index in [4.69, 9.17) is 24.3 Å². The highest BCUT2D eigenvalue weighted by molar-refractivity contribution is 7.47. The van der Waals surface area contributed by atoms with Crippen molar-refractivity contribution in [2.75, 3.05) is 26.4 Å². The number of nitrogens with two attached hydrogens (primary N) is 1. The number of ether oxygens (including phenoxy) is 2. The zero-order valence-corrected chi connectivity index (χ0v) is 34.1. The topological polar surface area (TPSA) is 134 Å². The summed E-state index contributed by atoms with van der Waals surface area (Å²) < 4.78 is 32.7. The molecule has 0 aliphatic rings. The number of allylic oxidation sites excluding steroid dienone is 12. The van der Waals surface area contributed by atoms with Crippen molar-refractivity contribution in [1.82, 2.24) is 0 Å². The molecular weight excluding hydrogens is 689 g/mol. The standard InChI is InChI=1S/C43H74NO8P/c1-3-5-7-9-11-13-15-17-19-20-22-23-25-27-29-31-33-35-42(45)49-39-41(40-51-53(47,48)50-38-37-44)52-43(46)36-34-32-30-28-26-24-21-18-16-14-12-10-8-6-4-2/h5,7,11-14,17-19,21-23,41H,3-4,6,8-10,15-16,20,24-40,44H2,1-2H3,(H,47,48)/b7-5-,13-11-,14-12-,19-17-,21-18-,23-22-/t41-/m1/s1. The van der Waals surface area contributed by atoms with Gasteiger partial charge < -0.3 is 20.1 Å². The summed E-state index contributed by atoms with van der Waals surface area (Å²) in [5.41, 5.74) is 5.34. The second-order valence-corrected chi connectivity index (χ2v) is 14.6. The smallest absolute Gasteiger partial charge is 0.462 e. The molecule has 0 bridgehead atoms. The Labute approximate surface area is 322 Å². The fourth-order valence-corrected chi connectivity index (χ4v) is 5.83. The van der Waals surface area contributed by atoms with Gasteiger partial charge in [0.15, 0.2) is 6.10 Å². The van der Waals surface area contributed by atoms with E-state index in [-0.39, 0.29) is 32.6 Å². The maximum atomic E-state index is 12.5. The Morgan fingerprint density at radius 1 is 0.585 bits per heavy atom. The summed E-state index contributed by atoms with van der Waals surface area (Å²) in [6.07, 6.45) is 46.4. The first-order valence-electron chi connectivity index (χ1n) is 20.4. The van der Waals surface area contributed by atoms with Crippen LogP contribution < -0.4 is 5.73 Å². The third-order valence-corrected chi connectivity index (χ3v) is 9.06. The third-order valence-electron chi connectivity index (χ3n) is 8.08. The monoisotopic (exact) mass is 764 g/mol. The molecule has 3 N–H and O–H groups in total. The Balaban J connectivity index is 4.27. The van der Waals surface area contributed by atoms with Crippen LogP contribution in [0.25, 0.3) is 0 Å². The van der Waals surface area contributed by atoms with Crippen molar-refractivity contribution >= 4 is 19.8 Å². The van der Waals surface area contributed by atoms with Crippen molar-refractivity contribution in [1.29, 1.82) is 0 Å². The number of rotatable bonds is 37. The van der Waals surface area contributed by atoms with Gasteiger partial charge in [-0.2, -0.15) is 0 Å². The summed E-state index contributed by atoms with van der Waals surface area (Å²) >= 11 is 0. The molecule has 1 unspecified atom stereocenters. The lowest BCUT2D eigenvalue weighted by Gasteiger charge is -2.19. The number of hydrogen-bond donors (Lipinski definition) is 2. The van der Waals surface area contributed by atoms with Crippen molar-refractivity contribution in [2.24, 2.45) is 5.73 Å². The lowest BCUT2D eigenvalue weighted by Crippen LogP contribution is -2.29. The Morgan fingerprint density at radius 2 is 1.04 bits per heavy atom. The average Bonchev–Trinajstić information content (AvgIpc) is 3.14. The van der Waals surface area contributed by atoms with Gasteiger partial charge in [-0.1, -0.05) is 132 Å². The van der Waals surface area contributed by atoms with Crippen molar-refractivity contribution in [2.45, 2.75) is 161 Å². The van der Waals surface area contributed by atoms with Crippen LogP contribution in [0.5, 0.6) is 0 Å². The van der Waals surface area contributed by atoms with E-state index in [1.807, 2.05) is 0 Å². The van der Waals surface area contributed by atoms with Crippen molar-refractivity contribution in [3.8, 4) is 0 Å². The quantitative estimate of drug-likeness (QED) is 0.0274. The predicted molar refractivity (Wildman–Crippen MR) is 219 cm³/mol. The van der Waals surface area contributed by atoms with Gasteiger partial charge in [0.05, 0.1) is 13.2 Å². The maximum Gasteiger partial charge on any atom is 0.472 e. The van der Waals surface area contributed by atoms with Crippen LogP contribution in [0.3, 0.4) is 0 Å². The Hall–Kier alpha value is -2.55. The van der Waals surface area contributed by atoms with Crippen LogP contribution in [0.15, 0.2) is 72.9 Å². The van der Waals surface area contributed by atoms with E-state index in [0.717, 1.165) is 89.9 Å². The summed E-state index contributed by atoms with van der Waals surface area (Å²) in [6, 6.07) is 0. The molecule has 0 amide bonds. The number of phosphoric ester groups is 1. The second-order valence-electron chi connectivity index (χ2n) is 13.1. The van der Waals surface area contributed by atoms with Crippen LogP contribution in [-0.4, -0.2) is 49.3 Å². The minimum atomic E-state index is -4.39. The SMILES string of the molecule is CC/C=C\C/C=C\C/C=C\C/C=C\CCCCCCC(=O)OC[C@H](COP(=O)(O)OCCN)OC(=O)CCCCCCC/C=C\C/C=C\CCCCC. The molecule has 53 heavy (non-hydrogen) atoms. The first-order chi connectivity index (χ1) is 25.8. The van der Waals surface area contributed by atoms with E-state index in [2.05, 4.69) is 86.8 Å². The van der Waals surface area contributed by atoms with Crippen molar-refractivity contribution in [3.05, 3.63) is 72.9 Å². The van der Waals surface area contributed by atoms with Crippen LogP contribution in [0.1, 0.15) is 155 Å². The number of carbonyl (C=O) groups excluding carboxylic acids is 2. The lowest BCUT2D eigenvalue weighted by atomic mass is 10.1. The van der Waals surface area contributed by atoms with Gasteiger partial charge in [0, 0.05) is 19.4 Å². The van der Waals surface area contributed by atoms with Crippen LogP contribution in [-0.2, 0) is 32.7 Å². The summed E-state index contributed by atoms with van der Waals surface area (Å²) in [6.45, 7) is 3.52. The number of hydrogen-bond acceptors (Lipinski definition) is 8. The zero-order chi connectivity index (χ0) is 38.9. The van der Waals surface area contributed by atoms with E-state index in [1.54, 1.807) is 0 Å². The average molecular weight is 764 g/mol. The second kappa shape index (κ2) is 39.2. The molecule has 9 nitrogen and oxygen atoms in total. The highest BCUT2D eigenvalue weighted by atomic mass is 31.2. The zero-order valence-electron chi connectivity index (χ0n) is 33.2. The van der Waals surface area contributed by atoms with Crippen LogP contribution >= 0.6 is 7.82 Å². The third kappa shape index (κ3) is 39.0. The molecule has 0 aromatic heterocycles. The highest BCUT2D eigenvalue weighted by Crippen LogP contribution is 2.43. The van der Waals surface area contributed by atoms with Gasteiger partial charge in [-0.25, -0.2) is 4.57 Å². The molecule has 0 aliphatic carbocycles. The number of phosphoric acid groups is 1. The number of esters is 2. The fraction of sp³-hybridized carbons (Fsp3) is 0.674. The van der Waals surface area contributed by atoms with Gasteiger partial charge >= 0.3 is 19.8 Å². The first kappa shape index (κ1) is 50.5. The highest BCUT2D eigenvalue weighted by Gasteiger charge is 2.25. The van der Waals surface area contributed by atoms with E-state index < -0.39 is 32.5 Å². The van der Waals surface area contributed by atoms with Crippen LogP contribution in [0, 0.1) is 0 Å². The number of carbonyl (C=O) groups is 2. The Bertz CT molecular complexity index is 1100. The summed E-state index contributed by atoms with van der Waals surface area (Å²) in [4.78, 5) is 34.8. The van der Waals surface area contributed by atoms with Crippen molar-refractivity contribution < 1.29 is 37.6 Å². The molecule has 0 aromatic rings. The van der Waals surface area contributed by atoms with Crippen LogP contribution in [0.4, 0.5) is 0 Å². The Morgan fingerprint density at radius 3 is 1.55 bits per heavy atom. The maximum absolute atomic E-state index is 12.5.